The Morgan fingerprint density at radius 1 is 1.30 bits per heavy atom. The molecule has 2 fully saturated rings. The average Bonchev–Trinajstić information content (AvgIpc) is 2.98. The Morgan fingerprint density at radius 2 is 2.04 bits per heavy atom. The van der Waals surface area contributed by atoms with E-state index in [0.29, 0.717) is 11.8 Å². The highest BCUT2D eigenvalue weighted by atomic mass is 16.6. The summed E-state index contributed by atoms with van der Waals surface area (Å²) in [6.45, 7) is 9.00. The van der Waals surface area contributed by atoms with Crippen LogP contribution in [-0.2, 0) is 4.74 Å². The van der Waals surface area contributed by atoms with Gasteiger partial charge in [-0.25, -0.2) is 0 Å². The van der Waals surface area contributed by atoms with Crippen molar-refractivity contribution in [3.63, 3.8) is 0 Å². The third kappa shape index (κ3) is 1.82. The van der Waals surface area contributed by atoms with Gasteiger partial charge in [0.05, 0.1) is 12.7 Å². The van der Waals surface area contributed by atoms with Crippen molar-refractivity contribution < 1.29 is 14.9 Å². The van der Waals surface area contributed by atoms with Gasteiger partial charge in [-0.1, -0.05) is 45.4 Å². The number of aliphatic hydroxyl groups is 2. The van der Waals surface area contributed by atoms with Crippen LogP contribution in [0.25, 0.3) is 0 Å². The molecule has 126 valence electrons. The molecule has 0 radical (unpaired) electrons. The van der Waals surface area contributed by atoms with Crippen molar-refractivity contribution in [3.8, 4) is 0 Å². The van der Waals surface area contributed by atoms with Crippen LogP contribution in [0.2, 0.25) is 0 Å². The molecule has 0 spiro atoms. The van der Waals surface area contributed by atoms with Gasteiger partial charge in [0.2, 0.25) is 0 Å². The molecule has 1 saturated carbocycles. The van der Waals surface area contributed by atoms with Crippen LogP contribution in [0.5, 0.6) is 0 Å². The number of aliphatic hydroxyl groups excluding tert-OH is 1. The molecule has 4 aliphatic rings. The van der Waals surface area contributed by atoms with Crippen LogP contribution >= 0.6 is 0 Å². The third-order valence-corrected chi connectivity index (χ3v) is 7.03. The van der Waals surface area contributed by atoms with Gasteiger partial charge in [0.25, 0.3) is 0 Å². The molecule has 5 unspecified atom stereocenters. The summed E-state index contributed by atoms with van der Waals surface area (Å²) in [6.07, 6.45) is 9.19. The predicted octanol–water partition coefficient (Wildman–Crippen LogP) is 3.34. The fourth-order valence-electron chi connectivity index (χ4n) is 5.45. The van der Waals surface area contributed by atoms with Gasteiger partial charge in [0.15, 0.2) is 5.79 Å². The Hall–Kier alpha value is -0.900. The highest BCUT2D eigenvalue weighted by molar-refractivity contribution is 5.47. The maximum atomic E-state index is 11.3. The average molecular weight is 316 g/mol. The highest BCUT2D eigenvalue weighted by Gasteiger charge is 2.64. The molecular weight excluding hydrogens is 288 g/mol. The van der Waals surface area contributed by atoms with Gasteiger partial charge in [-0.3, -0.25) is 0 Å². The standard InChI is InChI=1S/C20H28O3/c1-12(2)14-5-6-18(3)7-8-19(4)15(17(14)18)9-16-13(11-21)10-20(19,22)23-16/h5-6,10,12,15-16,21-22H,7-9,11H2,1-4H3. The lowest BCUT2D eigenvalue weighted by Gasteiger charge is -2.57. The first-order valence-corrected chi connectivity index (χ1v) is 8.90. The molecule has 2 N–H and O–H groups in total. The van der Waals surface area contributed by atoms with Crippen molar-refractivity contribution >= 4 is 0 Å². The lowest BCUT2D eigenvalue weighted by Crippen LogP contribution is -2.58. The van der Waals surface area contributed by atoms with Crippen molar-refractivity contribution in [1.82, 2.24) is 0 Å². The molecule has 0 aromatic rings. The molecule has 0 aromatic carbocycles. The summed E-state index contributed by atoms with van der Waals surface area (Å²) in [5.74, 6) is -0.443. The molecule has 3 heteroatoms. The maximum absolute atomic E-state index is 11.3. The number of allylic oxidation sites excluding steroid dienone is 4. The summed E-state index contributed by atoms with van der Waals surface area (Å²) in [7, 11) is 0. The van der Waals surface area contributed by atoms with Crippen LogP contribution in [-0.4, -0.2) is 28.7 Å². The summed E-state index contributed by atoms with van der Waals surface area (Å²) in [4.78, 5) is 0. The lowest BCUT2D eigenvalue weighted by molar-refractivity contribution is -0.287. The quantitative estimate of drug-likeness (QED) is 0.768. The molecular formula is C20H28O3. The van der Waals surface area contributed by atoms with E-state index in [1.165, 1.54) is 11.1 Å². The summed E-state index contributed by atoms with van der Waals surface area (Å²) in [5.41, 5.74) is 3.61. The number of hydrogen-bond donors (Lipinski definition) is 2. The minimum Gasteiger partial charge on any atom is -0.392 e. The Morgan fingerprint density at radius 3 is 2.70 bits per heavy atom. The Bertz CT molecular complexity index is 643. The molecule has 5 atom stereocenters. The van der Waals surface area contributed by atoms with Gasteiger partial charge < -0.3 is 14.9 Å². The number of fused-ring (bicyclic) bond motifs is 6. The minimum absolute atomic E-state index is 0.0264. The first-order valence-electron chi connectivity index (χ1n) is 8.90. The van der Waals surface area contributed by atoms with Crippen molar-refractivity contribution in [2.45, 2.75) is 58.8 Å². The van der Waals surface area contributed by atoms with Gasteiger partial charge in [0, 0.05) is 10.8 Å². The molecule has 2 aliphatic heterocycles. The second-order valence-electron chi connectivity index (χ2n) is 8.66. The minimum atomic E-state index is -1.24. The van der Waals surface area contributed by atoms with Crippen LogP contribution in [0.1, 0.15) is 47.0 Å². The van der Waals surface area contributed by atoms with E-state index >= 15 is 0 Å². The molecule has 0 aromatic heterocycles. The molecule has 23 heavy (non-hydrogen) atoms. The normalized spacial score (nSPS) is 47.9. The second kappa shape index (κ2) is 4.59. The Labute approximate surface area is 138 Å². The fraction of sp³-hybridized carbons (Fsp3) is 0.700. The van der Waals surface area contributed by atoms with Crippen LogP contribution < -0.4 is 0 Å². The van der Waals surface area contributed by atoms with Crippen molar-refractivity contribution in [2.24, 2.45) is 22.7 Å². The summed E-state index contributed by atoms with van der Waals surface area (Å²) < 4.78 is 6.00. The zero-order valence-corrected chi connectivity index (χ0v) is 14.6. The molecule has 2 aliphatic carbocycles. The lowest BCUT2D eigenvalue weighted by atomic mass is 9.52. The summed E-state index contributed by atoms with van der Waals surface area (Å²) in [5, 5.41) is 20.9. The molecule has 2 bridgehead atoms. The predicted molar refractivity (Wildman–Crippen MR) is 89.6 cm³/mol. The maximum Gasteiger partial charge on any atom is 0.192 e. The van der Waals surface area contributed by atoms with Crippen molar-refractivity contribution in [3.05, 3.63) is 34.9 Å². The monoisotopic (exact) mass is 316 g/mol. The smallest absolute Gasteiger partial charge is 0.192 e. The van der Waals surface area contributed by atoms with Gasteiger partial charge in [-0.05, 0) is 48.3 Å². The van der Waals surface area contributed by atoms with Crippen LogP contribution in [0, 0.1) is 22.7 Å². The number of hydrogen-bond acceptors (Lipinski definition) is 3. The van der Waals surface area contributed by atoms with Crippen molar-refractivity contribution in [2.75, 3.05) is 6.61 Å². The third-order valence-electron chi connectivity index (χ3n) is 7.03. The van der Waals surface area contributed by atoms with Gasteiger partial charge in [0.1, 0.15) is 0 Å². The largest absolute Gasteiger partial charge is 0.392 e. The van der Waals surface area contributed by atoms with Crippen LogP contribution in [0.4, 0.5) is 0 Å². The first-order chi connectivity index (χ1) is 10.7. The summed E-state index contributed by atoms with van der Waals surface area (Å²) >= 11 is 0. The molecule has 1 saturated heterocycles. The molecule has 4 rings (SSSR count). The number of rotatable bonds is 2. The van der Waals surface area contributed by atoms with E-state index in [2.05, 4.69) is 39.8 Å². The van der Waals surface area contributed by atoms with E-state index in [9.17, 15) is 10.2 Å². The molecule has 2 heterocycles. The molecule has 3 nitrogen and oxygen atoms in total. The number of ether oxygens (including phenoxy) is 1. The van der Waals surface area contributed by atoms with E-state index in [1.54, 1.807) is 6.08 Å². The van der Waals surface area contributed by atoms with E-state index < -0.39 is 5.79 Å². The SMILES string of the molecule is CC(C)C1=C2C3CC4OC(O)(C=C4CO)C3(C)CCC2(C)C=C1. The van der Waals surface area contributed by atoms with Crippen LogP contribution in [0.15, 0.2) is 34.9 Å². The van der Waals surface area contributed by atoms with E-state index in [1.807, 2.05) is 0 Å². The zero-order chi connectivity index (χ0) is 16.6. The Kier molecular flexibility index (Phi) is 3.12. The second-order valence-corrected chi connectivity index (χ2v) is 8.66. The summed E-state index contributed by atoms with van der Waals surface area (Å²) in [6, 6.07) is 0. The topological polar surface area (TPSA) is 49.7 Å². The van der Waals surface area contributed by atoms with Gasteiger partial charge in [-0.2, -0.15) is 0 Å². The van der Waals surface area contributed by atoms with Gasteiger partial charge in [-0.15, -0.1) is 0 Å². The zero-order valence-electron chi connectivity index (χ0n) is 14.6. The highest BCUT2D eigenvalue weighted by Crippen LogP contribution is 2.66. The van der Waals surface area contributed by atoms with E-state index in [4.69, 9.17) is 4.74 Å². The van der Waals surface area contributed by atoms with E-state index in [0.717, 1.165) is 24.8 Å². The van der Waals surface area contributed by atoms with Crippen LogP contribution in [0.3, 0.4) is 0 Å². The Balaban J connectivity index is 1.86. The van der Waals surface area contributed by atoms with E-state index in [-0.39, 0.29) is 23.5 Å². The first kappa shape index (κ1) is 15.6. The van der Waals surface area contributed by atoms with Crippen molar-refractivity contribution in [1.29, 1.82) is 0 Å². The molecule has 0 amide bonds. The van der Waals surface area contributed by atoms with Gasteiger partial charge >= 0.3 is 0 Å². The fourth-order valence-corrected chi connectivity index (χ4v) is 5.45.